The number of halogens is 1. The minimum atomic E-state index is -0.156. The summed E-state index contributed by atoms with van der Waals surface area (Å²) in [5.41, 5.74) is 1.17. The third-order valence-electron chi connectivity index (χ3n) is 2.03. The van der Waals surface area contributed by atoms with E-state index < -0.39 is 0 Å². The van der Waals surface area contributed by atoms with Crippen LogP contribution in [0.25, 0.3) is 6.08 Å². The maximum Gasteiger partial charge on any atom is 0.160 e. The zero-order chi connectivity index (χ0) is 11.1. The molecule has 82 valence electrons. The predicted octanol–water partition coefficient (Wildman–Crippen LogP) is 3.47. The SMILES string of the molecule is COC(C/C=C/c1ccc(Br)cc1)OC. The van der Waals surface area contributed by atoms with E-state index in [2.05, 4.69) is 34.1 Å². The summed E-state index contributed by atoms with van der Waals surface area (Å²) in [6.45, 7) is 0. The van der Waals surface area contributed by atoms with E-state index in [0.717, 1.165) is 10.9 Å². The smallest absolute Gasteiger partial charge is 0.160 e. The van der Waals surface area contributed by atoms with Crippen LogP contribution < -0.4 is 0 Å². The number of ether oxygens (including phenoxy) is 2. The quantitative estimate of drug-likeness (QED) is 0.763. The third-order valence-corrected chi connectivity index (χ3v) is 2.56. The first kappa shape index (κ1) is 12.4. The largest absolute Gasteiger partial charge is 0.356 e. The van der Waals surface area contributed by atoms with Crippen molar-refractivity contribution in [1.82, 2.24) is 0 Å². The molecule has 0 N–H and O–H groups in total. The Morgan fingerprint density at radius 1 is 1.20 bits per heavy atom. The van der Waals surface area contributed by atoms with E-state index in [9.17, 15) is 0 Å². The van der Waals surface area contributed by atoms with Crippen molar-refractivity contribution in [2.24, 2.45) is 0 Å². The average molecular weight is 271 g/mol. The Morgan fingerprint density at radius 2 is 1.80 bits per heavy atom. The van der Waals surface area contributed by atoms with Crippen LogP contribution in [0.1, 0.15) is 12.0 Å². The number of rotatable bonds is 5. The van der Waals surface area contributed by atoms with Gasteiger partial charge in [-0.3, -0.25) is 0 Å². The molecule has 0 atom stereocenters. The van der Waals surface area contributed by atoms with E-state index in [-0.39, 0.29) is 6.29 Å². The third kappa shape index (κ3) is 4.60. The molecule has 0 saturated heterocycles. The molecule has 1 aromatic carbocycles. The zero-order valence-corrected chi connectivity index (χ0v) is 10.5. The highest BCUT2D eigenvalue weighted by Crippen LogP contribution is 2.12. The van der Waals surface area contributed by atoms with Gasteiger partial charge < -0.3 is 9.47 Å². The standard InChI is InChI=1S/C12H15BrO2/c1-14-12(15-2)5-3-4-10-6-8-11(13)9-7-10/h3-4,6-9,12H,5H2,1-2H3/b4-3+. The van der Waals surface area contributed by atoms with Gasteiger partial charge in [-0.25, -0.2) is 0 Å². The molecule has 0 bridgehead atoms. The van der Waals surface area contributed by atoms with E-state index >= 15 is 0 Å². The lowest BCUT2D eigenvalue weighted by molar-refractivity contribution is -0.0985. The summed E-state index contributed by atoms with van der Waals surface area (Å²) in [7, 11) is 3.28. The maximum absolute atomic E-state index is 5.08. The first-order valence-corrected chi connectivity index (χ1v) is 5.53. The maximum atomic E-state index is 5.08. The van der Waals surface area contributed by atoms with Crippen LogP contribution in [0.15, 0.2) is 34.8 Å². The van der Waals surface area contributed by atoms with E-state index in [1.54, 1.807) is 14.2 Å². The van der Waals surface area contributed by atoms with Gasteiger partial charge in [-0.05, 0) is 17.7 Å². The molecular formula is C12H15BrO2. The summed E-state index contributed by atoms with van der Waals surface area (Å²) in [4.78, 5) is 0. The Kier molecular flexibility index (Phi) is 5.61. The van der Waals surface area contributed by atoms with Crippen molar-refractivity contribution in [3.8, 4) is 0 Å². The van der Waals surface area contributed by atoms with Gasteiger partial charge in [0.2, 0.25) is 0 Å². The molecule has 0 saturated carbocycles. The highest BCUT2D eigenvalue weighted by Gasteiger charge is 2.00. The van der Waals surface area contributed by atoms with Gasteiger partial charge in [0.1, 0.15) is 0 Å². The first-order valence-electron chi connectivity index (χ1n) is 4.74. The molecule has 0 spiro atoms. The Balaban J connectivity index is 2.47. The molecule has 1 rings (SSSR count). The van der Waals surface area contributed by atoms with Gasteiger partial charge in [0.05, 0.1) is 0 Å². The summed E-state index contributed by atoms with van der Waals surface area (Å²) in [5, 5.41) is 0. The minimum Gasteiger partial charge on any atom is -0.356 e. The molecule has 0 aromatic heterocycles. The number of hydrogen-bond acceptors (Lipinski definition) is 2. The fourth-order valence-corrected chi connectivity index (χ4v) is 1.44. The van der Waals surface area contributed by atoms with E-state index in [4.69, 9.17) is 9.47 Å². The number of hydrogen-bond donors (Lipinski definition) is 0. The van der Waals surface area contributed by atoms with Crippen LogP contribution in [0.4, 0.5) is 0 Å². The topological polar surface area (TPSA) is 18.5 Å². The fraction of sp³-hybridized carbons (Fsp3) is 0.333. The van der Waals surface area contributed by atoms with Crippen LogP contribution in [0.2, 0.25) is 0 Å². The molecule has 0 unspecified atom stereocenters. The second kappa shape index (κ2) is 6.77. The second-order valence-corrected chi connectivity index (χ2v) is 4.01. The monoisotopic (exact) mass is 270 g/mol. The molecule has 3 heteroatoms. The normalized spacial score (nSPS) is 11.5. The van der Waals surface area contributed by atoms with Crippen molar-refractivity contribution in [3.63, 3.8) is 0 Å². The van der Waals surface area contributed by atoms with Crippen LogP contribution in [0.5, 0.6) is 0 Å². The molecule has 1 aromatic rings. The molecule has 0 fully saturated rings. The Morgan fingerprint density at radius 3 is 2.33 bits per heavy atom. The summed E-state index contributed by atoms with van der Waals surface area (Å²) >= 11 is 3.40. The van der Waals surface area contributed by atoms with Crippen LogP contribution in [0.3, 0.4) is 0 Å². The van der Waals surface area contributed by atoms with Crippen molar-refractivity contribution in [3.05, 3.63) is 40.4 Å². The molecule has 0 radical (unpaired) electrons. The summed E-state index contributed by atoms with van der Waals surface area (Å²) in [6, 6.07) is 8.14. The highest BCUT2D eigenvalue weighted by molar-refractivity contribution is 9.10. The number of methoxy groups -OCH3 is 2. The van der Waals surface area contributed by atoms with Crippen LogP contribution in [-0.4, -0.2) is 20.5 Å². The second-order valence-electron chi connectivity index (χ2n) is 3.09. The average Bonchev–Trinajstić information content (AvgIpc) is 2.27. The Bertz CT molecular complexity index is 302. The number of benzene rings is 1. The molecule has 0 amide bonds. The van der Waals surface area contributed by atoms with Crippen molar-refractivity contribution in [2.45, 2.75) is 12.7 Å². The van der Waals surface area contributed by atoms with Gasteiger partial charge in [-0.1, -0.05) is 40.2 Å². The Hall–Kier alpha value is -0.640. The molecule has 0 aliphatic rings. The predicted molar refractivity (Wildman–Crippen MR) is 65.6 cm³/mol. The Labute approximate surface area is 99.0 Å². The van der Waals surface area contributed by atoms with Gasteiger partial charge in [0.25, 0.3) is 0 Å². The van der Waals surface area contributed by atoms with E-state index in [1.165, 1.54) is 5.56 Å². The molecule has 0 aliphatic heterocycles. The van der Waals surface area contributed by atoms with Gasteiger partial charge >= 0.3 is 0 Å². The lowest BCUT2D eigenvalue weighted by atomic mass is 10.2. The lowest BCUT2D eigenvalue weighted by Gasteiger charge is -2.09. The van der Waals surface area contributed by atoms with Gasteiger partial charge in [-0.15, -0.1) is 0 Å². The highest BCUT2D eigenvalue weighted by atomic mass is 79.9. The van der Waals surface area contributed by atoms with Crippen molar-refractivity contribution < 1.29 is 9.47 Å². The molecule has 15 heavy (non-hydrogen) atoms. The molecular weight excluding hydrogens is 256 g/mol. The van der Waals surface area contributed by atoms with E-state index in [0.29, 0.717) is 0 Å². The van der Waals surface area contributed by atoms with Crippen LogP contribution in [0, 0.1) is 0 Å². The van der Waals surface area contributed by atoms with Gasteiger partial charge in [-0.2, -0.15) is 0 Å². The van der Waals surface area contributed by atoms with Gasteiger partial charge in [0.15, 0.2) is 6.29 Å². The summed E-state index contributed by atoms with van der Waals surface area (Å²) < 4.78 is 11.2. The first-order chi connectivity index (χ1) is 7.26. The van der Waals surface area contributed by atoms with E-state index in [1.807, 2.05) is 18.2 Å². The van der Waals surface area contributed by atoms with Crippen LogP contribution in [-0.2, 0) is 9.47 Å². The summed E-state index contributed by atoms with van der Waals surface area (Å²) in [6.07, 6.45) is 4.69. The molecule has 0 heterocycles. The van der Waals surface area contributed by atoms with Crippen molar-refractivity contribution in [1.29, 1.82) is 0 Å². The minimum absolute atomic E-state index is 0.156. The van der Waals surface area contributed by atoms with Crippen LogP contribution >= 0.6 is 15.9 Å². The van der Waals surface area contributed by atoms with Gasteiger partial charge in [0, 0.05) is 25.1 Å². The molecule has 0 aliphatic carbocycles. The zero-order valence-electron chi connectivity index (χ0n) is 8.94. The van der Waals surface area contributed by atoms with Crippen molar-refractivity contribution in [2.75, 3.05) is 14.2 Å². The molecule has 2 nitrogen and oxygen atoms in total. The lowest BCUT2D eigenvalue weighted by Crippen LogP contribution is -2.10. The summed E-state index contributed by atoms with van der Waals surface area (Å²) in [5.74, 6) is 0. The van der Waals surface area contributed by atoms with Crippen molar-refractivity contribution >= 4 is 22.0 Å². The fourth-order valence-electron chi connectivity index (χ4n) is 1.18.